The molecule has 3 rings (SSSR count). The molecule has 1 saturated carbocycles. The van der Waals surface area contributed by atoms with Gasteiger partial charge in [0, 0.05) is 11.6 Å². The molecule has 0 spiro atoms. The Morgan fingerprint density at radius 3 is 2.21 bits per heavy atom. The molecule has 1 fully saturated rings. The van der Waals surface area contributed by atoms with E-state index < -0.39 is 58.3 Å². The molecule has 0 bridgehead atoms. The van der Waals surface area contributed by atoms with Crippen molar-refractivity contribution in [2.75, 3.05) is 11.9 Å². The molecule has 2 amide bonds. The summed E-state index contributed by atoms with van der Waals surface area (Å²) in [6.07, 6.45) is -9.57. The number of hydrogen-bond donors (Lipinski definition) is 2. The van der Waals surface area contributed by atoms with Crippen LogP contribution in [0.1, 0.15) is 27.4 Å². The van der Waals surface area contributed by atoms with Crippen LogP contribution in [-0.4, -0.2) is 28.9 Å². The van der Waals surface area contributed by atoms with Crippen LogP contribution in [0.15, 0.2) is 36.4 Å². The van der Waals surface area contributed by atoms with Crippen LogP contribution in [-0.2, 0) is 11.0 Å². The van der Waals surface area contributed by atoms with Gasteiger partial charge in [0.1, 0.15) is 16.7 Å². The van der Waals surface area contributed by atoms with Gasteiger partial charge in [-0.2, -0.15) is 26.3 Å². The smallest absolute Gasteiger partial charge is 0.343 e. The number of alkyl halides is 8. The topological polar surface area (TPSA) is 58.2 Å². The summed E-state index contributed by atoms with van der Waals surface area (Å²) in [5.74, 6) is -5.78. The molecule has 2 aromatic carbocycles. The standard InChI is InChI=1S/C20H12Cl3F7N2O2/c21-12-4-2-9(6-10(12)16(33)31-7-18(25,26)27)32-17(34)15-14(19(15,22)23)8-1-3-11(13(24)5-8)20(28,29)30/h1-6,14-15H,7H2,(H,31,33)(H,32,34). The Kier molecular flexibility index (Phi) is 7.05. The maximum absolute atomic E-state index is 13.9. The molecular formula is C20H12Cl3F7N2O2. The first kappa shape index (κ1) is 26.4. The molecule has 0 aromatic heterocycles. The van der Waals surface area contributed by atoms with E-state index in [1.54, 1.807) is 5.32 Å². The molecular weight excluding hydrogens is 540 g/mol. The molecule has 14 heteroatoms. The van der Waals surface area contributed by atoms with Gasteiger partial charge in [0.05, 0.1) is 22.1 Å². The largest absolute Gasteiger partial charge is 0.419 e. The van der Waals surface area contributed by atoms with E-state index in [9.17, 15) is 40.3 Å². The fourth-order valence-electron chi connectivity index (χ4n) is 3.30. The predicted molar refractivity (Wildman–Crippen MR) is 111 cm³/mol. The number of hydrogen-bond acceptors (Lipinski definition) is 2. The van der Waals surface area contributed by atoms with Crippen LogP contribution in [0.3, 0.4) is 0 Å². The summed E-state index contributed by atoms with van der Waals surface area (Å²) < 4.78 is 87.4. The van der Waals surface area contributed by atoms with Gasteiger partial charge in [-0.3, -0.25) is 9.59 Å². The molecule has 4 nitrogen and oxygen atoms in total. The lowest BCUT2D eigenvalue weighted by Crippen LogP contribution is -2.33. The quantitative estimate of drug-likeness (QED) is 0.338. The van der Waals surface area contributed by atoms with Gasteiger partial charge < -0.3 is 10.6 Å². The summed E-state index contributed by atoms with van der Waals surface area (Å²) in [5, 5.41) is 3.81. The summed E-state index contributed by atoms with van der Waals surface area (Å²) in [7, 11) is 0. The number of benzene rings is 2. The van der Waals surface area contributed by atoms with Crippen LogP contribution in [0.25, 0.3) is 0 Å². The minimum absolute atomic E-state index is 0.0417. The van der Waals surface area contributed by atoms with Crippen molar-refractivity contribution in [3.8, 4) is 0 Å². The molecule has 0 saturated heterocycles. The second kappa shape index (κ2) is 9.09. The lowest BCUT2D eigenvalue weighted by Gasteiger charge is -2.11. The zero-order chi connectivity index (χ0) is 25.6. The van der Waals surface area contributed by atoms with Crippen LogP contribution >= 0.6 is 34.8 Å². The van der Waals surface area contributed by atoms with E-state index in [2.05, 4.69) is 5.32 Å². The average Bonchev–Trinajstić information content (AvgIpc) is 3.28. The summed E-state index contributed by atoms with van der Waals surface area (Å²) in [4.78, 5) is 24.7. The van der Waals surface area contributed by atoms with Crippen molar-refractivity contribution in [1.29, 1.82) is 0 Å². The second-order valence-corrected chi connectivity index (χ2v) is 9.20. The molecule has 2 N–H and O–H groups in total. The van der Waals surface area contributed by atoms with Crippen molar-refractivity contribution in [3.63, 3.8) is 0 Å². The van der Waals surface area contributed by atoms with Gasteiger partial charge in [0.25, 0.3) is 5.91 Å². The van der Waals surface area contributed by atoms with Crippen molar-refractivity contribution in [1.82, 2.24) is 5.32 Å². The minimum Gasteiger partial charge on any atom is -0.343 e. The number of anilines is 1. The number of nitrogens with one attached hydrogen (secondary N) is 2. The molecule has 2 unspecified atom stereocenters. The molecule has 34 heavy (non-hydrogen) atoms. The molecule has 184 valence electrons. The third-order valence-electron chi connectivity index (χ3n) is 4.92. The van der Waals surface area contributed by atoms with E-state index in [0.717, 1.165) is 18.2 Å². The number of halogens is 10. The van der Waals surface area contributed by atoms with Crippen molar-refractivity contribution in [3.05, 3.63) is 63.9 Å². The van der Waals surface area contributed by atoms with Gasteiger partial charge in [-0.25, -0.2) is 4.39 Å². The van der Waals surface area contributed by atoms with E-state index in [4.69, 9.17) is 34.8 Å². The molecule has 0 heterocycles. The fraction of sp³-hybridized carbons (Fsp3) is 0.300. The fourth-order valence-corrected chi connectivity index (χ4v) is 4.33. The normalized spacial score (nSPS) is 19.5. The summed E-state index contributed by atoms with van der Waals surface area (Å²) in [6.45, 7) is -1.60. The van der Waals surface area contributed by atoms with Gasteiger partial charge in [-0.1, -0.05) is 17.7 Å². The zero-order valence-electron chi connectivity index (χ0n) is 16.4. The molecule has 0 aliphatic heterocycles. The van der Waals surface area contributed by atoms with Crippen LogP contribution in [0.5, 0.6) is 0 Å². The van der Waals surface area contributed by atoms with E-state index in [0.29, 0.717) is 12.1 Å². The van der Waals surface area contributed by atoms with E-state index in [1.165, 1.54) is 6.07 Å². The maximum atomic E-state index is 13.9. The van der Waals surface area contributed by atoms with Crippen LogP contribution in [0.2, 0.25) is 5.02 Å². The van der Waals surface area contributed by atoms with Crippen LogP contribution < -0.4 is 10.6 Å². The Morgan fingerprint density at radius 1 is 1.00 bits per heavy atom. The number of amides is 2. The first-order chi connectivity index (χ1) is 15.5. The molecule has 0 radical (unpaired) electrons. The van der Waals surface area contributed by atoms with Gasteiger partial charge in [-0.15, -0.1) is 23.2 Å². The molecule has 2 atom stereocenters. The highest BCUT2D eigenvalue weighted by atomic mass is 35.5. The zero-order valence-corrected chi connectivity index (χ0v) is 18.7. The van der Waals surface area contributed by atoms with Crippen molar-refractivity contribution in [2.24, 2.45) is 5.92 Å². The Bertz CT molecular complexity index is 1140. The van der Waals surface area contributed by atoms with Gasteiger partial charge in [0.2, 0.25) is 5.91 Å². The van der Waals surface area contributed by atoms with Gasteiger partial charge in [0.15, 0.2) is 0 Å². The minimum atomic E-state index is -4.92. The average molecular weight is 552 g/mol. The first-order valence-electron chi connectivity index (χ1n) is 9.22. The molecule has 2 aromatic rings. The third-order valence-corrected chi connectivity index (χ3v) is 6.19. The number of carbonyl (C=O) groups is 2. The highest BCUT2D eigenvalue weighted by Gasteiger charge is 2.67. The molecule has 1 aliphatic carbocycles. The Labute approximate surface area is 202 Å². The second-order valence-electron chi connectivity index (χ2n) is 7.35. The van der Waals surface area contributed by atoms with Crippen molar-refractivity contribution < 1.29 is 40.3 Å². The lowest BCUT2D eigenvalue weighted by atomic mass is 10.1. The van der Waals surface area contributed by atoms with Gasteiger partial charge in [-0.05, 0) is 35.9 Å². The molecule has 1 aliphatic rings. The summed E-state index contributed by atoms with van der Waals surface area (Å²) in [5.41, 5.74) is -1.94. The van der Waals surface area contributed by atoms with E-state index in [1.807, 2.05) is 0 Å². The Balaban J connectivity index is 1.76. The summed E-state index contributed by atoms with van der Waals surface area (Å²) >= 11 is 18.1. The van der Waals surface area contributed by atoms with Crippen LogP contribution in [0.4, 0.5) is 36.4 Å². The summed E-state index contributed by atoms with van der Waals surface area (Å²) in [6, 6.07) is 5.47. The first-order valence-corrected chi connectivity index (χ1v) is 10.4. The SMILES string of the molecule is O=C(NCC(F)(F)F)c1cc(NC(=O)C2C(c3ccc(C(F)(F)F)c(F)c3)C2(Cl)Cl)ccc1Cl. The third kappa shape index (κ3) is 5.69. The number of carbonyl (C=O) groups excluding carboxylic acids is 2. The van der Waals surface area contributed by atoms with Crippen molar-refractivity contribution >= 4 is 52.3 Å². The van der Waals surface area contributed by atoms with Crippen molar-refractivity contribution in [2.45, 2.75) is 22.6 Å². The number of rotatable bonds is 5. The highest BCUT2D eigenvalue weighted by Crippen LogP contribution is 2.65. The van der Waals surface area contributed by atoms with Crippen LogP contribution in [0, 0.1) is 11.7 Å². The van der Waals surface area contributed by atoms with E-state index in [-0.39, 0.29) is 21.8 Å². The maximum Gasteiger partial charge on any atom is 0.419 e. The van der Waals surface area contributed by atoms with Gasteiger partial charge >= 0.3 is 12.4 Å². The predicted octanol–water partition coefficient (Wildman–Crippen LogP) is 6.32. The van der Waals surface area contributed by atoms with E-state index >= 15 is 0 Å². The Hall–Kier alpha value is -2.24. The monoisotopic (exact) mass is 550 g/mol. The highest BCUT2D eigenvalue weighted by molar-refractivity contribution is 6.53. The lowest BCUT2D eigenvalue weighted by molar-refractivity contribution is -0.140. The Morgan fingerprint density at radius 2 is 1.65 bits per heavy atom.